The average Bonchev–Trinajstić information content (AvgIpc) is 3.14. The van der Waals surface area contributed by atoms with Crippen LogP contribution in [0, 0.1) is 0 Å². The van der Waals surface area contributed by atoms with Gasteiger partial charge in [-0.05, 0) is 29.8 Å². The van der Waals surface area contributed by atoms with E-state index < -0.39 is 0 Å². The van der Waals surface area contributed by atoms with Gasteiger partial charge in [0.2, 0.25) is 5.91 Å². The Labute approximate surface area is 175 Å². The third kappa shape index (κ3) is 4.38. The smallest absolute Gasteiger partial charge is 0.254 e. The van der Waals surface area contributed by atoms with E-state index in [9.17, 15) is 9.59 Å². The van der Waals surface area contributed by atoms with Gasteiger partial charge in [-0.2, -0.15) is 0 Å². The monoisotopic (exact) mass is 408 g/mol. The number of rotatable bonds is 8. The number of hydrogen-bond donors (Lipinski definition) is 0. The first kappa shape index (κ1) is 20.7. The summed E-state index contributed by atoms with van der Waals surface area (Å²) in [5.41, 5.74) is 2.30. The molecule has 0 aliphatic carbocycles. The van der Waals surface area contributed by atoms with Crippen LogP contribution in [0.15, 0.2) is 73.8 Å². The number of thioether (sulfide) groups is 1. The Balaban J connectivity index is 1.86. The molecule has 0 bridgehead atoms. The van der Waals surface area contributed by atoms with Gasteiger partial charge >= 0.3 is 0 Å². The first-order chi connectivity index (χ1) is 14.1. The summed E-state index contributed by atoms with van der Waals surface area (Å²) in [6.45, 7) is 8.33. The Hall–Kier alpha value is -2.99. The fourth-order valence-corrected chi connectivity index (χ4v) is 4.45. The van der Waals surface area contributed by atoms with Crippen molar-refractivity contribution in [3.05, 3.63) is 85.0 Å². The van der Waals surface area contributed by atoms with Crippen LogP contribution in [0.5, 0.6) is 5.75 Å². The quantitative estimate of drug-likeness (QED) is 0.612. The summed E-state index contributed by atoms with van der Waals surface area (Å²) in [6.07, 6.45) is 3.39. The van der Waals surface area contributed by atoms with E-state index in [2.05, 4.69) is 13.2 Å². The molecular formula is C23H24N2O3S. The highest BCUT2D eigenvalue weighted by molar-refractivity contribution is 8.00. The predicted molar refractivity (Wildman–Crippen MR) is 118 cm³/mol. The van der Waals surface area contributed by atoms with Crippen molar-refractivity contribution in [2.24, 2.45) is 0 Å². The van der Waals surface area contributed by atoms with E-state index in [-0.39, 0.29) is 17.2 Å². The molecule has 5 nitrogen and oxygen atoms in total. The Morgan fingerprint density at radius 2 is 1.83 bits per heavy atom. The Morgan fingerprint density at radius 3 is 2.45 bits per heavy atom. The summed E-state index contributed by atoms with van der Waals surface area (Å²) in [7, 11) is 1.60. The maximum absolute atomic E-state index is 12.7. The van der Waals surface area contributed by atoms with Crippen molar-refractivity contribution in [3.63, 3.8) is 0 Å². The molecule has 3 rings (SSSR count). The van der Waals surface area contributed by atoms with Gasteiger partial charge in [0, 0.05) is 18.7 Å². The third-order valence-electron chi connectivity index (χ3n) is 4.64. The molecule has 150 valence electrons. The van der Waals surface area contributed by atoms with Crippen LogP contribution >= 0.6 is 11.8 Å². The molecule has 29 heavy (non-hydrogen) atoms. The molecule has 1 heterocycles. The largest absolute Gasteiger partial charge is 0.495 e. The molecule has 2 aromatic rings. The van der Waals surface area contributed by atoms with E-state index in [4.69, 9.17) is 4.74 Å². The fourth-order valence-electron chi connectivity index (χ4n) is 3.28. The zero-order valence-corrected chi connectivity index (χ0v) is 17.2. The highest BCUT2D eigenvalue weighted by atomic mass is 32.2. The van der Waals surface area contributed by atoms with Crippen molar-refractivity contribution in [1.29, 1.82) is 0 Å². The molecule has 0 N–H and O–H groups in total. The number of nitrogens with zero attached hydrogens (tertiary/aromatic N) is 2. The summed E-state index contributed by atoms with van der Waals surface area (Å²) >= 11 is 1.56. The summed E-state index contributed by atoms with van der Waals surface area (Å²) in [5, 5.41) is -0.166. The van der Waals surface area contributed by atoms with Crippen molar-refractivity contribution >= 4 is 29.3 Å². The van der Waals surface area contributed by atoms with Crippen LogP contribution in [-0.4, -0.2) is 42.7 Å². The summed E-state index contributed by atoms with van der Waals surface area (Å²) < 4.78 is 5.44. The molecule has 2 aromatic carbocycles. The molecule has 0 aromatic heterocycles. The first-order valence-corrected chi connectivity index (χ1v) is 10.3. The fraction of sp³-hybridized carbons (Fsp3) is 0.217. The Bertz CT molecular complexity index is 901. The number of para-hydroxylation sites is 2. The van der Waals surface area contributed by atoms with Gasteiger partial charge in [0.1, 0.15) is 11.1 Å². The van der Waals surface area contributed by atoms with Crippen molar-refractivity contribution < 1.29 is 14.3 Å². The van der Waals surface area contributed by atoms with Crippen molar-refractivity contribution in [2.45, 2.75) is 5.37 Å². The molecule has 2 amide bonds. The third-order valence-corrected chi connectivity index (χ3v) is 5.85. The van der Waals surface area contributed by atoms with Gasteiger partial charge in [0.25, 0.3) is 5.91 Å². The van der Waals surface area contributed by atoms with E-state index >= 15 is 0 Å². The maximum Gasteiger partial charge on any atom is 0.254 e. The number of benzene rings is 2. The molecule has 0 saturated carbocycles. The van der Waals surface area contributed by atoms with Gasteiger partial charge < -0.3 is 9.64 Å². The second kappa shape index (κ2) is 9.47. The molecule has 0 spiro atoms. The van der Waals surface area contributed by atoms with E-state index in [1.165, 1.54) is 0 Å². The molecule has 1 atom stereocenters. The number of anilines is 1. The number of amides is 2. The van der Waals surface area contributed by atoms with Crippen molar-refractivity contribution in [3.8, 4) is 5.75 Å². The SMILES string of the molecule is C=CCN(CC=C)C(=O)c1ccc(C2SCC(=O)N2c2ccccc2OC)cc1. The molecule has 0 radical (unpaired) electrons. The summed E-state index contributed by atoms with van der Waals surface area (Å²) in [5.74, 6) is 1.01. The van der Waals surface area contributed by atoms with Crippen LogP contribution in [0.3, 0.4) is 0 Å². The standard InChI is InChI=1S/C23H24N2O3S/c1-4-14-24(15-5-2)22(27)17-10-12-18(13-11-17)23-25(21(26)16-29-23)19-8-6-7-9-20(19)28-3/h4-13,23H,1-2,14-16H2,3H3. The molecule has 1 aliphatic rings. The number of ether oxygens (including phenoxy) is 1. The van der Waals surface area contributed by atoms with Gasteiger partial charge in [-0.25, -0.2) is 0 Å². The topological polar surface area (TPSA) is 49.9 Å². The van der Waals surface area contributed by atoms with Crippen LogP contribution in [0.4, 0.5) is 5.69 Å². The highest BCUT2D eigenvalue weighted by Gasteiger charge is 2.35. The lowest BCUT2D eigenvalue weighted by Crippen LogP contribution is -2.31. The lowest BCUT2D eigenvalue weighted by atomic mass is 10.1. The zero-order chi connectivity index (χ0) is 20.8. The van der Waals surface area contributed by atoms with Crippen molar-refractivity contribution in [2.75, 3.05) is 30.9 Å². The lowest BCUT2D eigenvalue weighted by Gasteiger charge is -2.26. The minimum atomic E-state index is -0.166. The van der Waals surface area contributed by atoms with Gasteiger partial charge in [-0.1, -0.05) is 36.4 Å². The summed E-state index contributed by atoms with van der Waals surface area (Å²) in [6, 6.07) is 14.9. The van der Waals surface area contributed by atoms with Crippen molar-refractivity contribution in [1.82, 2.24) is 4.90 Å². The minimum Gasteiger partial charge on any atom is -0.495 e. The van der Waals surface area contributed by atoms with E-state index in [1.54, 1.807) is 53.0 Å². The zero-order valence-electron chi connectivity index (χ0n) is 16.4. The van der Waals surface area contributed by atoms with Crippen LogP contribution in [0.1, 0.15) is 21.3 Å². The number of carbonyl (C=O) groups excluding carboxylic acids is 2. The van der Waals surface area contributed by atoms with Crippen LogP contribution in [0.2, 0.25) is 0 Å². The van der Waals surface area contributed by atoms with E-state index in [0.717, 1.165) is 11.3 Å². The highest BCUT2D eigenvalue weighted by Crippen LogP contribution is 2.44. The molecule has 1 unspecified atom stereocenters. The van der Waals surface area contributed by atoms with E-state index in [0.29, 0.717) is 30.2 Å². The molecule has 1 aliphatic heterocycles. The van der Waals surface area contributed by atoms with E-state index in [1.807, 2.05) is 36.4 Å². The molecule has 6 heteroatoms. The maximum atomic E-state index is 12.7. The number of methoxy groups -OCH3 is 1. The Morgan fingerprint density at radius 1 is 1.17 bits per heavy atom. The molecule has 1 fully saturated rings. The first-order valence-electron chi connectivity index (χ1n) is 9.28. The van der Waals surface area contributed by atoms with Crippen LogP contribution in [0.25, 0.3) is 0 Å². The second-order valence-corrected chi connectivity index (χ2v) is 7.58. The van der Waals surface area contributed by atoms with Crippen LogP contribution in [-0.2, 0) is 4.79 Å². The van der Waals surface area contributed by atoms with Gasteiger partial charge in [0.15, 0.2) is 0 Å². The average molecular weight is 409 g/mol. The molecular weight excluding hydrogens is 384 g/mol. The Kier molecular flexibility index (Phi) is 6.77. The normalized spacial score (nSPS) is 15.8. The van der Waals surface area contributed by atoms with Gasteiger partial charge in [-0.15, -0.1) is 24.9 Å². The molecule has 1 saturated heterocycles. The lowest BCUT2D eigenvalue weighted by molar-refractivity contribution is -0.115. The minimum absolute atomic E-state index is 0.0350. The van der Waals surface area contributed by atoms with Crippen LogP contribution < -0.4 is 9.64 Å². The number of carbonyl (C=O) groups is 2. The number of hydrogen-bond acceptors (Lipinski definition) is 4. The second-order valence-electron chi connectivity index (χ2n) is 6.51. The van der Waals surface area contributed by atoms with Gasteiger partial charge in [-0.3, -0.25) is 14.5 Å². The summed E-state index contributed by atoms with van der Waals surface area (Å²) in [4.78, 5) is 28.8. The van der Waals surface area contributed by atoms with Gasteiger partial charge in [0.05, 0.1) is 18.6 Å². The predicted octanol–water partition coefficient (Wildman–Crippen LogP) is 4.29.